The molecule has 0 aliphatic carbocycles. The molecule has 1 unspecified atom stereocenters. The van der Waals surface area contributed by atoms with Crippen molar-refractivity contribution >= 4 is 21.7 Å². The molecule has 0 saturated heterocycles. The van der Waals surface area contributed by atoms with Crippen molar-refractivity contribution in [1.29, 1.82) is 0 Å². The van der Waals surface area contributed by atoms with Gasteiger partial charge >= 0.3 is 5.97 Å². The minimum absolute atomic E-state index is 0.485. The van der Waals surface area contributed by atoms with Crippen LogP contribution in [-0.4, -0.2) is 53.5 Å². The lowest BCUT2D eigenvalue weighted by molar-refractivity contribution is -0.387. The molecule has 2 N–H and O–H groups in total. The van der Waals surface area contributed by atoms with Gasteiger partial charge in [0, 0.05) is 19.7 Å². The summed E-state index contributed by atoms with van der Waals surface area (Å²) in [6.45, 7) is -0.485. The summed E-state index contributed by atoms with van der Waals surface area (Å²) < 4.78 is 25.2. The van der Waals surface area contributed by atoms with Crippen LogP contribution < -0.4 is 0 Å². The lowest BCUT2D eigenvalue weighted by Gasteiger charge is -2.19. The van der Waals surface area contributed by atoms with E-state index in [1.807, 2.05) is 0 Å². The van der Waals surface area contributed by atoms with Crippen molar-refractivity contribution in [3.63, 3.8) is 0 Å². The smallest absolute Gasteiger partial charge is 0.306 e. The van der Waals surface area contributed by atoms with Gasteiger partial charge in [-0.2, -0.15) is 4.31 Å². The van der Waals surface area contributed by atoms with Crippen LogP contribution in [0.3, 0.4) is 0 Å². The van der Waals surface area contributed by atoms with Gasteiger partial charge < -0.3 is 10.2 Å². The number of hydrogen-bond acceptors (Lipinski definition) is 6. The second-order valence-corrected chi connectivity index (χ2v) is 6.28. The number of aliphatic hydroxyl groups excluding tert-OH is 1. The number of nitrogens with zero attached hydrogens (tertiary/aromatic N) is 2. The molecular weight excluding hydrogens is 304 g/mol. The topological polar surface area (TPSA) is 138 Å². The van der Waals surface area contributed by atoms with Crippen LogP contribution in [0.5, 0.6) is 0 Å². The number of likely N-dealkylation sites (N-methyl/N-ethyl adjacent to an activating group) is 1. The number of nitro benzene ring substituents is 1. The normalized spacial score (nSPS) is 13.1. The summed E-state index contributed by atoms with van der Waals surface area (Å²) in [5.41, 5.74) is -0.586. The van der Waals surface area contributed by atoms with Crippen LogP contribution in [0.4, 0.5) is 5.69 Å². The van der Waals surface area contributed by atoms with Gasteiger partial charge in [-0.05, 0) is 6.07 Å². The average Bonchev–Trinajstić information content (AvgIpc) is 2.37. The third-order valence-corrected chi connectivity index (χ3v) is 4.50. The quantitative estimate of drug-likeness (QED) is 0.535. The molecule has 0 fully saturated rings. The van der Waals surface area contributed by atoms with Gasteiger partial charge in [-0.25, -0.2) is 8.42 Å². The van der Waals surface area contributed by atoms with Gasteiger partial charge in [0.05, 0.1) is 17.4 Å². The van der Waals surface area contributed by atoms with Crippen LogP contribution in [-0.2, 0) is 14.8 Å². The average molecular weight is 318 g/mol. The van der Waals surface area contributed by atoms with Crippen LogP contribution in [0.25, 0.3) is 0 Å². The number of hydrogen-bond donors (Lipinski definition) is 2. The molecule has 0 heterocycles. The first-order valence-corrected chi connectivity index (χ1v) is 7.20. The predicted molar refractivity (Wildman–Crippen MR) is 71.2 cm³/mol. The summed E-state index contributed by atoms with van der Waals surface area (Å²) in [6, 6.07) is 4.79. The standard InChI is InChI=1S/C11H14N2O7S/c1-12(7-8(14)6-11(15)16)21(19,20)10-5-3-2-4-9(10)13(17)18/h2-5,8,14H,6-7H2,1H3,(H,15,16). The largest absolute Gasteiger partial charge is 0.481 e. The first kappa shape index (κ1) is 17.0. The fourth-order valence-electron chi connectivity index (χ4n) is 1.66. The van der Waals surface area contributed by atoms with Crippen LogP contribution in [0.15, 0.2) is 29.2 Å². The third kappa shape index (κ3) is 4.21. The van der Waals surface area contributed by atoms with Crippen LogP contribution >= 0.6 is 0 Å². The van der Waals surface area contributed by atoms with E-state index >= 15 is 0 Å². The highest BCUT2D eigenvalue weighted by atomic mass is 32.2. The fraction of sp³-hybridized carbons (Fsp3) is 0.364. The third-order valence-electron chi connectivity index (χ3n) is 2.63. The molecule has 1 atom stereocenters. The monoisotopic (exact) mass is 318 g/mol. The number of aliphatic hydroxyl groups is 1. The molecule has 9 nitrogen and oxygen atoms in total. The molecule has 0 aliphatic rings. The number of rotatable bonds is 7. The van der Waals surface area contributed by atoms with E-state index in [9.17, 15) is 28.4 Å². The van der Waals surface area contributed by atoms with E-state index in [1.165, 1.54) is 12.1 Å². The molecule has 0 aliphatic heterocycles. The van der Waals surface area contributed by atoms with E-state index in [0.29, 0.717) is 4.31 Å². The molecule has 116 valence electrons. The van der Waals surface area contributed by atoms with Gasteiger partial charge in [0.1, 0.15) is 0 Å². The van der Waals surface area contributed by atoms with Crippen molar-refractivity contribution in [2.45, 2.75) is 17.4 Å². The van der Waals surface area contributed by atoms with Crippen molar-refractivity contribution in [1.82, 2.24) is 4.31 Å². The molecule has 1 aromatic rings. The highest BCUT2D eigenvalue weighted by molar-refractivity contribution is 7.89. The van der Waals surface area contributed by atoms with Gasteiger partial charge in [-0.1, -0.05) is 12.1 Å². The highest BCUT2D eigenvalue weighted by Gasteiger charge is 2.30. The number of carboxylic acids is 1. The van der Waals surface area contributed by atoms with Crippen molar-refractivity contribution in [2.24, 2.45) is 0 Å². The number of nitro groups is 1. The molecule has 0 spiro atoms. The minimum Gasteiger partial charge on any atom is -0.481 e. The number of benzene rings is 1. The molecule has 21 heavy (non-hydrogen) atoms. The van der Waals surface area contributed by atoms with E-state index in [2.05, 4.69) is 0 Å². The SMILES string of the molecule is CN(CC(O)CC(=O)O)S(=O)(=O)c1ccccc1[N+](=O)[O-]. The zero-order valence-electron chi connectivity index (χ0n) is 11.0. The Morgan fingerprint density at radius 1 is 1.43 bits per heavy atom. The molecule has 1 rings (SSSR count). The summed E-state index contributed by atoms with van der Waals surface area (Å²) in [4.78, 5) is 20.0. The van der Waals surface area contributed by atoms with Crippen molar-refractivity contribution < 1.29 is 28.3 Å². The van der Waals surface area contributed by atoms with Crippen LogP contribution in [0, 0.1) is 10.1 Å². The molecule has 0 aromatic heterocycles. The number of carbonyl (C=O) groups is 1. The van der Waals surface area contributed by atoms with Crippen LogP contribution in [0.1, 0.15) is 6.42 Å². The zero-order chi connectivity index (χ0) is 16.2. The molecule has 0 radical (unpaired) electrons. The summed E-state index contributed by atoms with van der Waals surface area (Å²) >= 11 is 0. The van der Waals surface area contributed by atoms with Crippen LogP contribution in [0.2, 0.25) is 0 Å². The second-order valence-electron chi connectivity index (χ2n) is 4.26. The maximum Gasteiger partial charge on any atom is 0.306 e. The Morgan fingerprint density at radius 3 is 2.52 bits per heavy atom. The molecule has 1 aromatic carbocycles. The molecule has 0 amide bonds. The van der Waals surface area contributed by atoms with Crippen molar-refractivity contribution in [2.75, 3.05) is 13.6 Å². The Morgan fingerprint density at radius 2 is 2.00 bits per heavy atom. The number of aliphatic carboxylic acids is 1. The minimum atomic E-state index is -4.21. The Hall–Kier alpha value is -2.04. The van der Waals surface area contributed by atoms with Gasteiger partial charge in [0.15, 0.2) is 4.90 Å². The van der Waals surface area contributed by atoms with Crippen molar-refractivity contribution in [3.05, 3.63) is 34.4 Å². The van der Waals surface area contributed by atoms with E-state index in [-0.39, 0.29) is 0 Å². The van der Waals surface area contributed by atoms with Gasteiger partial charge in [-0.3, -0.25) is 14.9 Å². The Balaban J connectivity index is 3.06. The maximum absolute atomic E-state index is 12.2. The summed E-state index contributed by atoms with van der Waals surface area (Å²) in [5.74, 6) is -1.28. The first-order valence-electron chi connectivity index (χ1n) is 5.76. The van der Waals surface area contributed by atoms with E-state index < -0.39 is 50.6 Å². The van der Waals surface area contributed by atoms with Gasteiger partial charge in [0.25, 0.3) is 5.69 Å². The number of para-hydroxylation sites is 1. The fourth-order valence-corrected chi connectivity index (χ4v) is 3.02. The second kappa shape index (κ2) is 6.61. The van der Waals surface area contributed by atoms with Crippen molar-refractivity contribution in [3.8, 4) is 0 Å². The summed E-state index contributed by atoms with van der Waals surface area (Å²) in [7, 11) is -3.10. The molecule has 0 bridgehead atoms. The summed E-state index contributed by atoms with van der Waals surface area (Å²) in [5, 5.41) is 28.8. The lowest BCUT2D eigenvalue weighted by atomic mass is 10.2. The Labute approximate surface area is 120 Å². The van der Waals surface area contributed by atoms with E-state index in [0.717, 1.165) is 19.2 Å². The first-order chi connectivity index (χ1) is 9.66. The number of carboxylic acid groups (broad SMARTS) is 1. The predicted octanol–water partition coefficient (Wildman–Crippen LogP) is 0.0509. The Bertz CT molecular complexity index is 644. The number of sulfonamides is 1. The van der Waals surface area contributed by atoms with E-state index in [4.69, 9.17) is 5.11 Å². The molecule has 10 heteroatoms. The zero-order valence-corrected chi connectivity index (χ0v) is 11.9. The molecular formula is C11H14N2O7S. The highest BCUT2D eigenvalue weighted by Crippen LogP contribution is 2.25. The lowest BCUT2D eigenvalue weighted by Crippen LogP contribution is -2.35. The van der Waals surface area contributed by atoms with E-state index in [1.54, 1.807) is 0 Å². The maximum atomic E-state index is 12.2. The molecule has 0 saturated carbocycles. The Kier molecular flexibility index (Phi) is 5.35. The summed E-state index contributed by atoms with van der Waals surface area (Å²) in [6.07, 6.45) is -2.04. The van der Waals surface area contributed by atoms with Gasteiger partial charge in [0.2, 0.25) is 10.0 Å². The van der Waals surface area contributed by atoms with Gasteiger partial charge in [-0.15, -0.1) is 0 Å².